The van der Waals surface area contributed by atoms with Crippen LogP contribution in [0.4, 0.5) is 0 Å². The fourth-order valence-electron chi connectivity index (χ4n) is 5.72. The molecule has 0 spiro atoms. The van der Waals surface area contributed by atoms with Gasteiger partial charge in [0, 0.05) is 61.0 Å². The lowest BCUT2D eigenvalue weighted by Crippen LogP contribution is -2.38. The lowest BCUT2D eigenvalue weighted by Gasteiger charge is -2.33. The Labute approximate surface area is 185 Å². The van der Waals surface area contributed by atoms with Crippen molar-refractivity contribution in [3.63, 3.8) is 0 Å². The lowest BCUT2D eigenvalue weighted by molar-refractivity contribution is 0.0697. The second-order valence-electron chi connectivity index (χ2n) is 9.50. The van der Waals surface area contributed by atoms with Gasteiger partial charge in [0.05, 0.1) is 5.52 Å². The first kappa shape index (κ1) is 20.4. The molecule has 0 unspecified atom stereocenters. The molecule has 2 aromatic rings. The van der Waals surface area contributed by atoms with Crippen LogP contribution in [0.5, 0.6) is 0 Å². The van der Waals surface area contributed by atoms with Crippen LogP contribution in [0.25, 0.3) is 10.9 Å². The fraction of sp³-hybridized carbons (Fsp3) is 0.640. The Hall–Kier alpha value is -1.46. The molecule has 5 heteroatoms. The standard InChI is InChI=1S/C25H35N3OS/c1-3-30-28-23-9-8-19(25(29)26-13-10-18(2)11-14-26)16-21(23)22-17-27(15-12-24(22)28)20-6-4-5-7-20/h8-9,16,18,20H,3-7,10-15,17H2,1-2H3. The second kappa shape index (κ2) is 8.58. The first-order valence-corrected chi connectivity index (χ1v) is 12.9. The number of fused-ring (bicyclic) bond motifs is 3. The van der Waals surface area contributed by atoms with E-state index in [1.165, 1.54) is 54.4 Å². The molecule has 5 rings (SSSR count). The van der Waals surface area contributed by atoms with Gasteiger partial charge >= 0.3 is 0 Å². The third-order valence-electron chi connectivity index (χ3n) is 7.55. The van der Waals surface area contributed by atoms with Gasteiger partial charge in [-0.2, -0.15) is 0 Å². The summed E-state index contributed by atoms with van der Waals surface area (Å²) in [6.07, 6.45) is 8.86. The average Bonchev–Trinajstić information content (AvgIpc) is 3.41. The minimum Gasteiger partial charge on any atom is -0.339 e. The monoisotopic (exact) mass is 425 g/mol. The molecular formula is C25H35N3OS. The summed E-state index contributed by atoms with van der Waals surface area (Å²) < 4.78 is 2.47. The van der Waals surface area contributed by atoms with Crippen LogP contribution in [0, 0.1) is 5.92 Å². The van der Waals surface area contributed by atoms with Crippen LogP contribution < -0.4 is 0 Å². The lowest BCUT2D eigenvalue weighted by atomic mass is 9.98. The van der Waals surface area contributed by atoms with Crippen molar-refractivity contribution in [3.05, 3.63) is 35.0 Å². The number of carbonyl (C=O) groups excluding carboxylic acids is 1. The van der Waals surface area contributed by atoms with Crippen LogP contribution in [-0.2, 0) is 13.0 Å². The van der Waals surface area contributed by atoms with Gasteiger partial charge in [0.25, 0.3) is 5.91 Å². The van der Waals surface area contributed by atoms with Crippen LogP contribution in [0.15, 0.2) is 18.2 Å². The van der Waals surface area contributed by atoms with Crippen molar-refractivity contribution >= 4 is 28.8 Å². The molecule has 1 aromatic carbocycles. The highest BCUT2D eigenvalue weighted by atomic mass is 32.2. The zero-order chi connectivity index (χ0) is 20.7. The van der Waals surface area contributed by atoms with Crippen molar-refractivity contribution in [1.29, 1.82) is 0 Å². The number of amides is 1. The number of benzene rings is 1. The molecule has 0 bridgehead atoms. The summed E-state index contributed by atoms with van der Waals surface area (Å²) in [4.78, 5) is 18.0. The van der Waals surface area contributed by atoms with Gasteiger partial charge in [-0.3, -0.25) is 13.7 Å². The Morgan fingerprint density at radius 2 is 1.87 bits per heavy atom. The Kier molecular flexibility index (Phi) is 5.85. The molecule has 3 aliphatic rings. The molecule has 3 heterocycles. The molecule has 4 nitrogen and oxygen atoms in total. The molecule has 0 N–H and O–H groups in total. The number of likely N-dealkylation sites (tertiary alicyclic amines) is 1. The summed E-state index contributed by atoms with van der Waals surface area (Å²) >= 11 is 1.90. The number of aromatic nitrogens is 1. The van der Waals surface area contributed by atoms with Crippen molar-refractivity contribution in [2.24, 2.45) is 5.92 Å². The third kappa shape index (κ3) is 3.69. The van der Waals surface area contributed by atoms with Gasteiger partial charge in [-0.1, -0.05) is 26.7 Å². The average molecular weight is 426 g/mol. The summed E-state index contributed by atoms with van der Waals surface area (Å²) in [6.45, 7) is 8.55. The fourth-order valence-corrected chi connectivity index (χ4v) is 6.64. The van der Waals surface area contributed by atoms with Gasteiger partial charge in [0.15, 0.2) is 0 Å². The highest BCUT2D eigenvalue weighted by molar-refractivity contribution is 7.98. The summed E-state index contributed by atoms with van der Waals surface area (Å²) in [7, 11) is 0. The van der Waals surface area contributed by atoms with Crippen LogP contribution >= 0.6 is 11.9 Å². The summed E-state index contributed by atoms with van der Waals surface area (Å²) in [5.74, 6) is 2.02. The van der Waals surface area contributed by atoms with Crippen LogP contribution in [-0.4, -0.2) is 51.1 Å². The van der Waals surface area contributed by atoms with E-state index in [2.05, 4.69) is 45.8 Å². The van der Waals surface area contributed by atoms with Crippen LogP contribution in [0.1, 0.15) is 74.0 Å². The van der Waals surface area contributed by atoms with Gasteiger partial charge in [-0.25, -0.2) is 0 Å². The van der Waals surface area contributed by atoms with E-state index in [1.54, 1.807) is 0 Å². The highest BCUT2D eigenvalue weighted by Gasteiger charge is 2.30. The van der Waals surface area contributed by atoms with Gasteiger partial charge in [-0.15, -0.1) is 0 Å². The molecule has 2 fully saturated rings. The number of rotatable bonds is 4. The normalized spacial score (nSPS) is 21.5. The molecule has 1 saturated heterocycles. The van der Waals surface area contributed by atoms with Crippen molar-refractivity contribution in [2.75, 3.05) is 25.4 Å². The first-order chi connectivity index (χ1) is 14.7. The number of hydrogen-bond acceptors (Lipinski definition) is 3. The van der Waals surface area contributed by atoms with E-state index >= 15 is 0 Å². The molecular weight excluding hydrogens is 390 g/mol. The zero-order valence-electron chi connectivity index (χ0n) is 18.5. The Morgan fingerprint density at radius 1 is 1.10 bits per heavy atom. The predicted octanol–water partition coefficient (Wildman–Crippen LogP) is 5.33. The van der Waals surface area contributed by atoms with Gasteiger partial charge in [0.2, 0.25) is 0 Å². The molecule has 0 atom stereocenters. The minimum absolute atomic E-state index is 0.219. The van der Waals surface area contributed by atoms with Gasteiger partial charge in [0.1, 0.15) is 0 Å². The van der Waals surface area contributed by atoms with E-state index in [4.69, 9.17) is 0 Å². The highest BCUT2D eigenvalue weighted by Crippen LogP contribution is 2.37. The Morgan fingerprint density at radius 3 is 2.60 bits per heavy atom. The Bertz CT molecular complexity index is 922. The van der Waals surface area contributed by atoms with Crippen LogP contribution in [0.3, 0.4) is 0 Å². The maximum atomic E-state index is 13.2. The quantitative estimate of drug-likeness (QED) is 0.663. The van der Waals surface area contributed by atoms with E-state index in [-0.39, 0.29) is 5.91 Å². The predicted molar refractivity (Wildman–Crippen MR) is 126 cm³/mol. The maximum absolute atomic E-state index is 13.2. The summed E-state index contributed by atoms with van der Waals surface area (Å²) in [6, 6.07) is 7.24. The topological polar surface area (TPSA) is 28.5 Å². The summed E-state index contributed by atoms with van der Waals surface area (Å²) in [5.41, 5.74) is 5.13. The molecule has 1 aromatic heterocycles. The van der Waals surface area contributed by atoms with E-state index in [9.17, 15) is 4.79 Å². The van der Waals surface area contributed by atoms with E-state index in [1.807, 2.05) is 11.9 Å². The zero-order valence-corrected chi connectivity index (χ0v) is 19.3. The number of carbonyl (C=O) groups is 1. The van der Waals surface area contributed by atoms with E-state index < -0.39 is 0 Å². The van der Waals surface area contributed by atoms with E-state index in [0.29, 0.717) is 0 Å². The molecule has 162 valence electrons. The van der Waals surface area contributed by atoms with Crippen LogP contribution in [0.2, 0.25) is 0 Å². The SMILES string of the molecule is CCSn1c2c(c3cc(C(=O)N4CCC(C)CC4)ccc31)CN(C1CCCC1)CC2. The Balaban J connectivity index is 1.49. The maximum Gasteiger partial charge on any atom is 0.253 e. The molecule has 2 aliphatic heterocycles. The minimum atomic E-state index is 0.219. The molecule has 1 amide bonds. The summed E-state index contributed by atoms with van der Waals surface area (Å²) in [5, 5.41) is 1.31. The largest absolute Gasteiger partial charge is 0.339 e. The number of piperidine rings is 1. The third-order valence-corrected chi connectivity index (χ3v) is 8.48. The first-order valence-electron chi connectivity index (χ1n) is 12.0. The van der Waals surface area contributed by atoms with Crippen molar-refractivity contribution in [2.45, 2.75) is 71.4 Å². The molecule has 0 radical (unpaired) electrons. The van der Waals surface area contributed by atoms with Gasteiger partial charge < -0.3 is 4.90 Å². The van der Waals surface area contributed by atoms with Crippen molar-refractivity contribution in [1.82, 2.24) is 13.8 Å². The van der Waals surface area contributed by atoms with Gasteiger partial charge in [-0.05, 0) is 67.3 Å². The van der Waals surface area contributed by atoms with Crippen molar-refractivity contribution < 1.29 is 4.79 Å². The number of hydrogen-bond donors (Lipinski definition) is 0. The smallest absolute Gasteiger partial charge is 0.253 e. The van der Waals surface area contributed by atoms with E-state index in [0.717, 1.165) is 62.2 Å². The number of nitrogens with zero attached hydrogens (tertiary/aromatic N) is 3. The molecule has 1 saturated carbocycles. The molecule has 30 heavy (non-hydrogen) atoms. The molecule has 1 aliphatic carbocycles. The second-order valence-corrected chi connectivity index (χ2v) is 10.7. The van der Waals surface area contributed by atoms with Crippen molar-refractivity contribution in [3.8, 4) is 0 Å².